The predicted octanol–water partition coefficient (Wildman–Crippen LogP) is 0.607. The average molecular weight is 352 g/mol. The highest BCUT2D eigenvalue weighted by Crippen LogP contribution is 2.25. The number of morpholine rings is 1. The first-order valence-corrected chi connectivity index (χ1v) is 9.81. The van der Waals surface area contributed by atoms with Gasteiger partial charge in [-0.2, -0.15) is 4.31 Å². The summed E-state index contributed by atoms with van der Waals surface area (Å²) in [5.74, 6) is -1.01. The molecule has 0 bridgehead atoms. The van der Waals surface area contributed by atoms with Gasteiger partial charge in [-0.3, -0.25) is 4.72 Å². The largest absolute Gasteiger partial charge is 0.378 e. The fraction of sp³-hybridized carbons (Fsp3) is 0.500. The fourth-order valence-electron chi connectivity index (χ4n) is 2.18. The zero-order chi connectivity index (χ0) is 16.5. The molecule has 1 saturated heterocycles. The van der Waals surface area contributed by atoms with Gasteiger partial charge in [0.25, 0.3) is 0 Å². The second-order valence-electron chi connectivity index (χ2n) is 5.06. The molecule has 124 valence electrons. The lowest BCUT2D eigenvalue weighted by Crippen LogP contribution is -2.47. The third-order valence-corrected chi connectivity index (χ3v) is 5.78. The summed E-state index contributed by atoms with van der Waals surface area (Å²) in [7, 11) is -7.57. The molecule has 7 nitrogen and oxygen atoms in total. The van der Waals surface area contributed by atoms with Crippen LogP contribution in [0.3, 0.4) is 0 Å². The minimum absolute atomic E-state index is 0.0334. The molecule has 0 aliphatic carbocycles. The van der Waals surface area contributed by atoms with E-state index < -0.39 is 36.8 Å². The van der Waals surface area contributed by atoms with Gasteiger partial charge in [-0.15, -0.1) is 0 Å². The molecule has 10 heteroatoms. The van der Waals surface area contributed by atoms with E-state index in [4.69, 9.17) is 4.74 Å². The zero-order valence-corrected chi connectivity index (χ0v) is 13.7. The molecule has 0 radical (unpaired) electrons. The van der Waals surface area contributed by atoms with Crippen LogP contribution >= 0.6 is 0 Å². The first-order chi connectivity index (χ1) is 10.1. The van der Waals surface area contributed by atoms with Gasteiger partial charge in [0.1, 0.15) is 10.7 Å². The van der Waals surface area contributed by atoms with Crippen LogP contribution in [0.4, 0.5) is 10.1 Å². The highest BCUT2D eigenvalue weighted by Gasteiger charge is 2.33. The van der Waals surface area contributed by atoms with Gasteiger partial charge >= 0.3 is 0 Å². The van der Waals surface area contributed by atoms with Crippen molar-refractivity contribution >= 4 is 25.7 Å². The summed E-state index contributed by atoms with van der Waals surface area (Å²) in [5, 5.41) is 0. The van der Waals surface area contributed by atoms with Crippen molar-refractivity contribution in [1.29, 1.82) is 0 Å². The smallest absolute Gasteiger partial charge is 0.246 e. The van der Waals surface area contributed by atoms with Crippen molar-refractivity contribution in [2.45, 2.75) is 17.9 Å². The molecule has 1 heterocycles. The standard InChI is InChI=1S/C12H17FN2O5S2/c1-9-8-20-6-5-15(9)22(18,19)12-4-3-10(7-11(12)13)14-21(2,16)17/h3-4,7,9,14H,5-6,8H2,1-2H3/t9-/m0/s1. The number of halogens is 1. The molecule has 0 saturated carbocycles. The van der Waals surface area contributed by atoms with Crippen molar-refractivity contribution in [3.8, 4) is 0 Å². The third kappa shape index (κ3) is 3.75. The minimum atomic E-state index is -4.00. The molecule has 1 aromatic carbocycles. The van der Waals surface area contributed by atoms with Crippen LogP contribution in [0.25, 0.3) is 0 Å². The molecule has 22 heavy (non-hydrogen) atoms. The lowest BCUT2D eigenvalue weighted by atomic mass is 10.3. The highest BCUT2D eigenvalue weighted by molar-refractivity contribution is 7.92. The van der Waals surface area contributed by atoms with Gasteiger partial charge in [-0.25, -0.2) is 21.2 Å². The Morgan fingerprint density at radius 2 is 2.00 bits per heavy atom. The van der Waals surface area contributed by atoms with Crippen LogP contribution in [0.15, 0.2) is 23.1 Å². The van der Waals surface area contributed by atoms with Gasteiger partial charge in [0, 0.05) is 12.6 Å². The Morgan fingerprint density at radius 3 is 2.55 bits per heavy atom. The molecule has 0 unspecified atom stereocenters. The third-order valence-electron chi connectivity index (χ3n) is 3.13. The lowest BCUT2D eigenvalue weighted by Gasteiger charge is -2.32. The number of benzene rings is 1. The zero-order valence-electron chi connectivity index (χ0n) is 12.1. The molecular formula is C12H17FN2O5S2. The van der Waals surface area contributed by atoms with E-state index in [0.29, 0.717) is 0 Å². The molecule has 1 aliphatic heterocycles. The molecule has 0 aromatic heterocycles. The summed E-state index contributed by atoms with van der Waals surface area (Å²) in [5.41, 5.74) is -0.0334. The Hall–Kier alpha value is -1.23. The second-order valence-corrected chi connectivity index (χ2v) is 8.67. The normalized spacial score (nSPS) is 20.8. The number of ether oxygens (including phenoxy) is 1. The summed E-state index contributed by atoms with van der Waals surface area (Å²) in [6, 6.07) is 2.72. The van der Waals surface area contributed by atoms with Gasteiger partial charge < -0.3 is 4.74 Å². The Kier molecular flexibility index (Phi) is 4.76. The summed E-state index contributed by atoms with van der Waals surface area (Å²) >= 11 is 0. The minimum Gasteiger partial charge on any atom is -0.378 e. The van der Waals surface area contributed by atoms with E-state index in [1.54, 1.807) is 6.92 Å². The first kappa shape index (κ1) is 17.1. The number of nitrogens with zero attached hydrogens (tertiary/aromatic N) is 1. The summed E-state index contributed by atoms with van der Waals surface area (Å²) in [6.45, 7) is 2.31. The van der Waals surface area contributed by atoms with Crippen molar-refractivity contribution in [2.24, 2.45) is 0 Å². The van der Waals surface area contributed by atoms with E-state index >= 15 is 0 Å². The second kappa shape index (κ2) is 6.11. The van der Waals surface area contributed by atoms with Gasteiger partial charge in [-0.05, 0) is 25.1 Å². The Bertz CT molecular complexity index is 764. The number of sulfonamides is 2. The number of rotatable bonds is 4. The SMILES string of the molecule is C[C@H]1COCCN1S(=O)(=O)c1ccc(NS(C)(=O)=O)cc1F. The summed E-state index contributed by atoms with van der Waals surface area (Å²) in [4.78, 5) is -0.486. The molecule has 0 spiro atoms. The van der Waals surface area contributed by atoms with Crippen LogP contribution in [-0.2, 0) is 24.8 Å². The van der Waals surface area contributed by atoms with Gasteiger partial charge in [-0.1, -0.05) is 0 Å². The fourth-order valence-corrected chi connectivity index (χ4v) is 4.39. The monoisotopic (exact) mass is 352 g/mol. The van der Waals surface area contributed by atoms with Crippen molar-refractivity contribution in [2.75, 3.05) is 30.7 Å². The predicted molar refractivity (Wildman–Crippen MR) is 79.0 cm³/mol. The van der Waals surface area contributed by atoms with E-state index in [9.17, 15) is 21.2 Å². The van der Waals surface area contributed by atoms with E-state index in [2.05, 4.69) is 4.72 Å². The molecule has 1 N–H and O–H groups in total. The Balaban J connectivity index is 2.36. The van der Waals surface area contributed by atoms with Crippen LogP contribution in [0.2, 0.25) is 0 Å². The lowest BCUT2D eigenvalue weighted by molar-refractivity contribution is 0.0392. The maximum absolute atomic E-state index is 14.1. The van der Waals surface area contributed by atoms with Gasteiger partial charge in [0.15, 0.2) is 0 Å². The number of nitrogens with one attached hydrogen (secondary N) is 1. The first-order valence-electron chi connectivity index (χ1n) is 6.48. The molecule has 1 aromatic rings. The van der Waals surface area contributed by atoms with E-state index in [-0.39, 0.29) is 25.4 Å². The van der Waals surface area contributed by atoms with Crippen LogP contribution in [-0.4, -0.2) is 53.2 Å². The van der Waals surface area contributed by atoms with E-state index in [1.165, 1.54) is 10.4 Å². The molecule has 1 fully saturated rings. The molecule has 0 amide bonds. The topological polar surface area (TPSA) is 92.8 Å². The summed E-state index contributed by atoms with van der Waals surface area (Å²) in [6.07, 6.45) is 0.922. The van der Waals surface area contributed by atoms with Crippen LogP contribution in [0.1, 0.15) is 6.92 Å². The Morgan fingerprint density at radius 1 is 1.32 bits per heavy atom. The van der Waals surface area contributed by atoms with Crippen LogP contribution in [0.5, 0.6) is 0 Å². The molecule has 1 atom stereocenters. The molecule has 1 aliphatic rings. The number of hydrogen-bond acceptors (Lipinski definition) is 5. The van der Waals surface area contributed by atoms with Crippen molar-refractivity contribution in [3.63, 3.8) is 0 Å². The number of anilines is 1. The van der Waals surface area contributed by atoms with Crippen molar-refractivity contribution in [3.05, 3.63) is 24.0 Å². The highest BCUT2D eigenvalue weighted by atomic mass is 32.2. The molecule has 2 rings (SSSR count). The van der Waals surface area contributed by atoms with Crippen molar-refractivity contribution in [1.82, 2.24) is 4.31 Å². The van der Waals surface area contributed by atoms with Gasteiger partial charge in [0.05, 0.1) is 25.2 Å². The molecular weight excluding hydrogens is 335 g/mol. The quantitative estimate of drug-likeness (QED) is 0.857. The summed E-state index contributed by atoms with van der Waals surface area (Å²) < 4.78 is 69.8. The van der Waals surface area contributed by atoms with E-state index in [0.717, 1.165) is 18.4 Å². The maximum Gasteiger partial charge on any atom is 0.246 e. The van der Waals surface area contributed by atoms with E-state index in [1.807, 2.05) is 0 Å². The van der Waals surface area contributed by atoms with Gasteiger partial charge in [0.2, 0.25) is 20.0 Å². The van der Waals surface area contributed by atoms with Crippen LogP contribution < -0.4 is 4.72 Å². The van der Waals surface area contributed by atoms with Crippen LogP contribution in [0, 0.1) is 5.82 Å². The average Bonchev–Trinajstić information content (AvgIpc) is 2.36. The maximum atomic E-state index is 14.1. The Labute approximate surface area is 129 Å². The van der Waals surface area contributed by atoms with Crippen molar-refractivity contribution < 1.29 is 26.0 Å². The number of hydrogen-bond donors (Lipinski definition) is 1.